The number of ether oxygens (including phenoxy) is 1. The van der Waals surface area contributed by atoms with Crippen LogP contribution < -0.4 is 5.32 Å². The van der Waals surface area contributed by atoms with Crippen LogP contribution in [0.3, 0.4) is 0 Å². The lowest BCUT2D eigenvalue weighted by molar-refractivity contribution is -0.173. The molecule has 37 heavy (non-hydrogen) atoms. The zero-order valence-electron chi connectivity index (χ0n) is 26.7. The summed E-state index contributed by atoms with van der Waals surface area (Å²) in [4.78, 5) is 12.5. The van der Waals surface area contributed by atoms with Crippen LogP contribution in [0.4, 0.5) is 0 Å². The van der Waals surface area contributed by atoms with Gasteiger partial charge >= 0.3 is 0 Å². The van der Waals surface area contributed by atoms with E-state index in [0.29, 0.717) is 13.0 Å². The van der Waals surface area contributed by atoms with Crippen LogP contribution in [-0.4, -0.2) is 65.9 Å². The summed E-state index contributed by atoms with van der Waals surface area (Å²) in [6, 6.07) is 0. The maximum atomic E-state index is 12.5. The number of hydrogen-bond acceptors (Lipinski definition) is 5. The van der Waals surface area contributed by atoms with Gasteiger partial charge in [0.15, 0.2) is 25.0 Å². The van der Waals surface area contributed by atoms with Gasteiger partial charge in [-0.05, 0) is 54.4 Å². The Morgan fingerprint density at radius 1 is 0.784 bits per heavy atom. The Hall–Kier alpha value is 0.691. The molecule has 0 aromatic carbocycles. The summed E-state index contributed by atoms with van der Waals surface area (Å²) in [6.07, 6.45) is -0.899. The number of rotatable bonds is 9. The highest BCUT2D eigenvalue weighted by Gasteiger charge is 2.54. The van der Waals surface area contributed by atoms with Crippen LogP contribution in [-0.2, 0) is 22.8 Å². The number of amides is 1. The molecule has 0 spiro atoms. The van der Waals surface area contributed by atoms with Gasteiger partial charge in [-0.2, -0.15) is 0 Å². The van der Waals surface area contributed by atoms with Crippen molar-refractivity contribution in [3.63, 3.8) is 0 Å². The molecule has 1 fully saturated rings. The van der Waals surface area contributed by atoms with E-state index in [1.165, 1.54) is 0 Å². The summed E-state index contributed by atoms with van der Waals surface area (Å²) in [6.45, 7) is 36.3. The van der Waals surface area contributed by atoms with Crippen molar-refractivity contribution in [1.82, 2.24) is 5.32 Å². The van der Waals surface area contributed by atoms with Gasteiger partial charge in [-0.1, -0.05) is 91.8 Å². The average Bonchev–Trinajstić information content (AvgIpc) is 2.68. The molecular formula is C27H58INO5Si3. The Balaban J connectivity index is 3.59. The Morgan fingerprint density at radius 3 is 1.57 bits per heavy atom. The monoisotopic (exact) mass is 687 g/mol. The number of carbonyl (C=O) groups excluding carboxylic acids is 1. The molecule has 0 aromatic heterocycles. The van der Waals surface area contributed by atoms with Gasteiger partial charge in [-0.25, -0.2) is 0 Å². The van der Waals surface area contributed by atoms with Crippen molar-refractivity contribution in [2.75, 3.05) is 6.61 Å². The van der Waals surface area contributed by atoms with Crippen molar-refractivity contribution < 1.29 is 22.8 Å². The molecule has 1 heterocycles. The fourth-order valence-electron chi connectivity index (χ4n) is 3.23. The van der Waals surface area contributed by atoms with E-state index in [1.807, 2.05) is 6.92 Å². The third-order valence-corrected chi connectivity index (χ3v) is 23.9. The molecular weight excluding hydrogens is 629 g/mol. The summed E-state index contributed by atoms with van der Waals surface area (Å²) < 4.78 is 27.6. The lowest BCUT2D eigenvalue weighted by atomic mass is 10.0. The zero-order valence-corrected chi connectivity index (χ0v) is 31.9. The highest BCUT2D eigenvalue weighted by Crippen LogP contribution is 2.44. The minimum atomic E-state index is -2.18. The molecule has 0 saturated carbocycles. The molecule has 0 bridgehead atoms. The van der Waals surface area contributed by atoms with Gasteiger partial charge in [0.05, 0.1) is 22.7 Å². The van der Waals surface area contributed by atoms with Gasteiger partial charge in [0.2, 0.25) is 5.91 Å². The van der Waals surface area contributed by atoms with Crippen molar-refractivity contribution in [3.05, 3.63) is 0 Å². The van der Waals surface area contributed by atoms with E-state index in [-0.39, 0.29) is 43.3 Å². The molecule has 1 aliphatic heterocycles. The van der Waals surface area contributed by atoms with Crippen LogP contribution in [0.1, 0.15) is 75.7 Å². The summed E-state index contributed by atoms with van der Waals surface area (Å²) in [5.74, 6) is -0.0226. The van der Waals surface area contributed by atoms with Gasteiger partial charge in [0, 0.05) is 6.42 Å². The molecule has 1 amide bonds. The molecule has 10 heteroatoms. The lowest BCUT2D eigenvalue weighted by Crippen LogP contribution is -2.67. The number of carbonyl (C=O) groups is 1. The van der Waals surface area contributed by atoms with E-state index < -0.39 is 31.2 Å². The Morgan fingerprint density at radius 2 is 1.19 bits per heavy atom. The van der Waals surface area contributed by atoms with Crippen LogP contribution >= 0.6 is 22.6 Å². The Labute approximate surface area is 245 Å². The quantitative estimate of drug-likeness (QED) is 0.152. The van der Waals surface area contributed by atoms with Gasteiger partial charge in [-0.3, -0.25) is 4.79 Å². The number of halogens is 1. The number of nitrogens with one attached hydrogen (secondary N) is 1. The maximum Gasteiger partial charge on any atom is 0.221 e. The van der Waals surface area contributed by atoms with E-state index in [4.69, 9.17) is 18.0 Å². The molecule has 0 aromatic rings. The number of alkyl halides is 1. The van der Waals surface area contributed by atoms with Crippen molar-refractivity contribution in [2.45, 2.75) is 159 Å². The van der Waals surface area contributed by atoms with Gasteiger partial charge in [0.25, 0.3) is 0 Å². The minimum absolute atomic E-state index is 0.0226. The predicted molar refractivity (Wildman–Crippen MR) is 172 cm³/mol. The molecule has 0 unspecified atom stereocenters. The van der Waals surface area contributed by atoms with Crippen LogP contribution in [0.25, 0.3) is 0 Å². The SMILES string of the molecule is CCC(=O)N[C@H]1O[C@H](CO[Si](C)(C)C(C)(C)C)[C@@H](O[Si](C)(C)C(C)(C)C)[C@H](O[Si](C)(C)C(C)(C)C)[C@@H]1I. The van der Waals surface area contributed by atoms with Crippen LogP contribution in [0.2, 0.25) is 54.4 Å². The lowest BCUT2D eigenvalue weighted by Gasteiger charge is -2.52. The van der Waals surface area contributed by atoms with Crippen LogP contribution in [0.5, 0.6) is 0 Å². The van der Waals surface area contributed by atoms with Gasteiger partial charge in [0.1, 0.15) is 12.3 Å². The first-order chi connectivity index (χ1) is 16.3. The van der Waals surface area contributed by atoms with E-state index >= 15 is 0 Å². The van der Waals surface area contributed by atoms with E-state index in [0.717, 1.165) is 0 Å². The summed E-state index contributed by atoms with van der Waals surface area (Å²) in [5, 5.41) is 3.28. The fraction of sp³-hybridized carbons (Fsp3) is 0.963. The van der Waals surface area contributed by atoms with E-state index in [2.05, 4.69) is 130 Å². The molecule has 220 valence electrons. The van der Waals surface area contributed by atoms with Crippen molar-refractivity contribution in [3.8, 4) is 0 Å². The second-order valence-electron chi connectivity index (χ2n) is 15.2. The molecule has 1 N–H and O–H groups in total. The predicted octanol–water partition coefficient (Wildman–Crippen LogP) is 7.84. The molecule has 5 atom stereocenters. The minimum Gasteiger partial charge on any atom is -0.414 e. The fourth-order valence-corrected chi connectivity index (χ4v) is 8.06. The molecule has 0 radical (unpaired) electrons. The first-order valence-corrected chi connectivity index (χ1v) is 23.8. The Bertz CT molecular complexity index is 771. The van der Waals surface area contributed by atoms with Crippen LogP contribution in [0.15, 0.2) is 0 Å². The summed E-state index contributed by atoms with van der Waals surface area (Å²) in [7, 11) is -6.38. The standard InChI is InChI=1S/C27H58INO5Si3/c1-17-20(30)29-24-21(28)23(34-37(15,16)27(8,9)10)22(33-36(13,14)26(5,6)7)19(32-24)18-31-35(11,12)25(2,3)4/h19,21-24H,17-18H2,1-16H3,(H,29,30)/t19-,21+,22-,23-,24+/m1/s1. The summed E-state index contributed by atoms with van der Waals surface area (Å²) >= 11 is 2.41. The third kappa shape index (κ3) is 9.09. The smallest absolute Gasteiger partial charge is 0.221 e. The zero-order chi connectivity index (χ0) is 29.4. The average molecular weight is 688 g/mol. The van der Waals surface area contributed by atoms with Crippen molar-refractivity contribution in [1.29, 1.82) is 0 Å². The molecule has 6 nitrogen and oxygen atoms in total. The van der Waals surface area contributed by atoms with Crippen LogP contribution in [0, 0.1) is 0 Å². The summed E-state index contributed by atoms with van der Waals surface area (Å²) in [5.41, 5.74) is 0. The second kappa shape index (κ2) is 12.3. The van der Waals surface area contributed by atoms with Crippen molar-refractivity contribution >= 4 is 53.5 Å². The van der Waals surface area contributed by atoms with E-state index in [9.17, 15) is 4.79 Å². The third-order valence-electron chi connectivity index (χ3n) is 9.13. The normalized spacial score (nSPS) is 26.8. The molecule has 0 aliphatic carbocycles. The maximum absolute atomic E-state index is 12.5. The van der Waals surface area contributed by atoms with Crippen molar-refractivity contribution in [2.24, 2.45) is 0 Å². The highest BCUT2D eigenvalue weighted by atomic mass is 127. The molecule has 1 saturated heterocycles. The first-order valence-electron chi connectivity index (χ1n) is 13.9. The molecule has 1 aliphatic rings. The van der Waals surface area contributed by atoms with Gasteiger partial charge in [-0.15, -0.1) is 0 Å². The highest BCUT2D eigenvalue weighted by molar-refractivity contribution is 14.1. The first kappa shape index (κ1) is 35.7. The largest absolute Gasteiger partial charge is 0.414 e. The van der Waals surface area contributed by atoms with E-state index in [1.54, 1.807) is 0 Å². The molecule has 1 rings (SSSR count). The number of hydrogen-bond donors (Lipinski definition) is 1. The topological polar surface area (TPSA) is 66.0 Å². The Kier molecular flexibility index (Phi) is 11.9. The second-order valence-corrected chi connectivity index (χ2v) is 31.0. The van der Waals surface area contributed by atoms with Gasteiger partial charge < -0.3 is 23.3 Å².